The van der Waals surface area contributed by atoms with Gasteiger partial charge in [-0.05, 0) is 42.4 Å². The lowest BCUT2D eigenvalue weighted by atomic mass is 9.79. The molecule has 1 saturated carbocycles. The monoisotopic (exact) mass is 274 g/mol. The molecule has 0 saturated heterocycles. The van der Waals surface area contributed by atoms with Crippen molar-refractivity contribution < 1.29 is 4.79 Å². The summed E-state index contributed by atoms with van der Waals surface area (Å²) in [5.74, 6) is 1.34. The number of amides is 1. The van der Waals surface area contributed by atoms with E-state index in [0.717, 1.165) is 23.1 Å². The van der Waals surface area contributed by atoms with Gasteiger partial charge in [-0.25, -0.2) is 0 Å². The van der Waals surface area contributed by atoms with E-state index in [1.54, 1.807) is 0 Å². The van der Waals surface area contributed by atoms with Crippen molar-refractivity contribution in [3.8, 4) is 0 Å². The number of nitrogens with one attached hydrogen (secondary N) is 1. The number of carbonyl (C=O) groups is 1. The average Bonchev–Trinajstić information content (AvgIpc) is 2.41. The summed E-state index contributed by atoms with van der Waals surface area (Å²) in [4.78, 5) is 10.9. The summed E-state index contributed by atoms with van der Waals surface area (Å²) in [5, 5.41) is 3.63. The van der Waals surface area contributed by atoms with Crippen LogP contribution in [-0.4, -0.2) is 11.9 Å². The molecule has 2 rings (SSSR count). The maximum atomic E-state index is 10.9. The van der Waals surface area contributed by atoms with E-state index in [1.165, 1.54) is 25.7 Å². The van der Waals surface area contributed by atoms with Crippen LogP contribution in [0.25, 0.3) is 0 Å². The smallest absolute Gasteiger partial charge is 0.221 e. The van der Waals surface area contributed by atoms with Gasteiger partial charge in [-0.15, -0.1) is 0 Å². The Labute approximate surface area is 121 Å². The van der Waals surface area contributed by atoms with Crippen LogP contribution in [0, 0.1) is 11.8 Å². The molecular formula is C17H26N2O. The highest BCUT2D eigenvalue weighted by Gasteiger charge is 2.23. The third kappa shape index (κ3) is 4.26. The van der Waals surface area contributed by atoms with Gasteiger partial charge in [0.25, 0.3) is 0 Å². The van der Waals surface area contributed by atoms with Crippen LogP contribution in [-0.2, 0) is 11.2 Å². The van der Waals surface area contributed by atoms with Crippen LogP contribution in [0.2, 0.25) is 0 Å². The predicted molar refractivity (Wildman–Crippen MR) is 83.5 cm³/mol. The van der Waals surface area contributed by atoms with E-state index in [4.69, 9.17) is 5.73 Å². The Morgan fingerprint density at radius 3 is 2.60 bits per heavy atom. The second kappa shape index (κ2) is 6.78. The maximum Gasteiger partial charge on any atom is 0.221 e. The number of hydrogen-bond acceptors (Lipinski definition) is 2. The Kier molecular flexibility index (Phi) is 5.05. The summed E-state index contributed by atoms with van der Waals surface area (Å²) in [5.41, 5.74) is 7.33. The minimum atomic E-state index is -0.280. The Morgan fingerprint density at radius 1 is 1.30 bits per heavy atom. The lowest BCUT2D eigenvalue weighted by Crippen LogP contribution is -2.29. The van der Waals surface area contributed by atoms with Crippen molar-refractivity contribution in [2.75, 3.05) is 5.32 Å². The molecule has 1 aromatic carbocycles. The molecule has 2 unspecified atom stereocenters. The molecule has 1 aliphatic carbocycles. The fourth-order valence-electron chi connectivity index (χ4n) is 3.12. The quantitative estimate of drug-likeness (QED) is 0.865. The van der Waals surface area contributed by atoms with Crippen molar-refractivity contribution in [2.24, 2.45) is 17.6 Å². The first-order chi connectivity index (χ1) is 9.54. The van der Waals surface area contributed by atoms with Crippen LogP contribution in [0.1, 0.15) is 45.1 Å². The molecule has 1 amide bonds. The van der Waals surface area contributed by atoms with Gasteiger partial charge < -0.3 is 11.1 Å². The maximum absolute atomic E-state index is 10.9. The Balaban J connectivity index is 1.91. The van der Waals surface area contributed by atoms with E-state index >= 15 is 0 Å². The lowest BCUT2D eigenvalue weighted by Gasteiger charge is -2.32. The fourth-order valence-corrected chi connectivity index (χ4v) is 3.12. The van der Waals surface area contributed by atoms with Gasteiger partial charge in [0.2, 0.25) is 5.91 Å². The van der Waals surface area contributed by atoms with Gasteiger partial charge in [-0.2, -0.15) is 0 Å². The summed E-state index contributed by atoms with van der Waals surface area (Å²) in [6.07, 6.45) is 5.53. The van der Waals surface area contributed by atoms with Gasteiger partial charge >= 0.3 is 0 Å². The van der Waals surface area contributed by atoms with E-state index in [2.05, 4.69) is 31.3 Å². The van der Waals surface area contributed by atoms with Crippen molar-refractivity contribution in [2.45, 2.75) is 52.0 Å². The first-order valence-corrected chi connectivity index (χ1v) is 7.68. The first kappa shape index (κ1) is 14.9. The minimum Gasteiger partial charge on any atom is -0.382 e. The summed E-state index contributed by atoms with van der Waals surface area (Å²) in [6, 6.07) is 8.65. The second-order valence-corrected chi connectivity index (χ2v) is 6.35. The van der Waals surface area contributed by atoms with E-state index in [0.29, 0.717) is 12.5 Å². The van der Waals surface area contributed by atoms with Crippen LogP contribution in [0.3, 0.4) is 0 Å². The van der Waals surface area contributed by atoms with E-state index < -0.39 is 0 Å². The SMILES string of the molecule is CC(C)C1CCCC(Nc2ccc(CC(N)=O)cc2)C1. The van der Waals surface area contributed by atoms with Crippen molar-refractivity contribution in [1.29, 1.82) is 0 Å². The molecule has 0 radical (unpaired) electrons. The third-order valence-electron chi connectivity index (χ3n) is 4.36. The molecule has 0 aromatic heterocycles. The van der Waals surface area contributed by atoms with Crippen molar-refractivity contribution >= 4 is 11.6 Å². The molecule has 1 aliphatic rings. The number of hydrogen-bond donors (Lipinski definition) is 2. The minimum absolute atomic E-state index is 0.280. The van der Waals surface area contributed by atoms with E-state index in [1.807, 2.05) is 12.1 Å². The zero-order valence-electron chi connectivity index (χ0n) is 12.6. The number of primary amides is 1. The number of benzene rings is 1. The van der Waals surface area contributed by atoms with Gasteiger partial charge in [0.1, 0.15) is 0 Å². The zero-order valence-corrected chi connectivity index (χ0v) is 12.6. The number of nitrogens with two attached hydrogens (primary N) is 1. The molecule has 3 nitrogen and oxygen atoms in total. The highest BCUT2D eigenvalue weighted by Crippen LogP contribution is 2.31. The standard InChI is InChI=1S/C17H26N2O/c1-12(2)14-4-3-5-16(11-14)19-15-8-6-13(7-9-15)10-17(18)20/h6-9,12,14,16,19H,3-5,10-11H2,1-2H3,(H2,18,20). The Hall–Kier alpha value is -1.51. The Bertz CT molecular complexity index is 439. The Morgan fingerprint density at radius 2 is 2.00 bits per heavy atom. The number of rotatable bonds is 5. The molecule has 1 aromatic rings. The predicted octanol–water partition coefficient (Wildman–Crippen LogP) is 3.34. The molecule has 1 fully saturated rings. The zero-order chi connectivity index (χ0) is 14.5. The van der Waals surface area contributed by atoms with Crippen molar-refractivity contribution in [1.82, 2.24) is 0 Å². The molecule has 110 valence electrons. The third-order valence-corrected chi connectivity index (χ3v) is 4.36. The van der Waals surface area contributed by atoms with E-state index in [9.17, 15) is 4.79 Å². The van der Waals surface area contributed by atoms with Crippen molar-refractivity contribution in [3.63, 3.8) is 0 Å². The van der Waals surface area contributed by atoms with Crippen LogP contribution in [0.5, 0.6) is 0 Å². The molecular weight excluding hydrogens is 248 g/mol. The van der Waals surface area contributed by atoms with Gasteiger partial charge in [-0.3, -0.25) is 4.79 Å². The lowest BCUT2D eigenvalue weighted by molar-refractivity contribution is -0.117. The van der Waals surface area contributed by atoms with Gasteiger partial charge in [0.15, 0.2) is 0 Å². The van der Waals surface area contributed by atoms with Crippen LogP contribution >= 0.6 is 0 Å². The molecule has 3 N–H and O–H groups in total. The summed E-state index contributed by atoms with van der Waals surface area (Å²) in [6.45, 7) is 4.65. The van der Waals surface area contributed by atoms with E-state index in [-0.39, 0.29) is 5.91 Å². The summed E-state index contributed by atoms with van der Waals surface area (Å²) in [7, 11) is 0. The molecule has 20 heavy (non-hydrogen) atoms. The average molecular weight is 274 g/mol. The molecule has 3 heteroatoms. The number of carbonyl (C=O) groups excluding carboxylic acids is 1. The summed E-state index contributed by atoms with van der Waals surface area (Å²) >= 11 is 0. The van der Waals surface area contributed by atoms with Gasteiger partial charge in [0.05, 0.1) is 6.42 Å². The molecule has 0 spiro atoms. The highest BCUT2D eigenvalue weighted by molar-refractivity contribution is 5.76. The normalized spacial score (nSPS) is 22.8. The second-order valence-electron chi connectivity index (χ2n) is 6.35. The largest absolute Gasteiger partial charge is 0.382 e. The van der Waals surface area contributed by atoms with Gasteiger partial charge in [-0.1, -0.05) is 38.8 Å². The number of anilines is 1. The molecule has 0 bridgehead atoms. The first-order valence-electron chi connectivity index (χ1n) is 7.68. The van der Waals surface area contributed by atoms with Crippen molar-refractivity contribution in [3.05, 3.63) is 29.8 Å². The topological polar surface area (TPSA) is 55.1 Å². The fraction of sp³-hybridized carbons (Fsp3) is 0.588. The van der Waals surface area contributed by atoms with Gasteiger partial charge in [0, 0.05) is 11.7 Å². The molecule has 0 heterocycles. The molecule has 0 aliphatic heterocycles. The van der Waals surface area contributed by atoms with Crippen LogP contribution in [0.4, 0.5) is 5.69 Å². The highest BCUT2D eigenvalue weighted by atomic mass is 16.1. The molecule has 2 atom stereocenters. The van der Waals surface area contributed by atoms with Crippen LogP contribution < -0.4 is 11.1 Å². The summed E-state index contributed by atoms with van der Waals surface area (Å²) < 4.78 is 0. The van der Waals surface area contributed by atoms with Crippen LogP contribution in [0.15, 0.2) is 24.3 Å².